The summed E-state index contributed by atoms with van der Waals surface area (Å²) in [5.41, 5.74) is 0. The summed E-state index contributed by atoms with van der Waals surface area (Å²) in [6.45, 7) is 3.11. The molecular formula is C30H63NO4P+. The van der Waals surface area contributed by atoms with Crippen molar-refractivity contribution in [3.05, 3.63) is 12.2 Å². The van der Waals surface area contributed by atoms with Crippen LogP contribution in [0.3, 0.4) is 0 Å². The van der Waals surface area contributed by atoms with E-state index in [1.807, 2.05) is 0 Å². The van der Waals surface area contributed by atoms with Crippen molar-refractivity contribution in [2.75, 3.05) is 40.5 Å². The maximum absolute atomic E-state index is 10.1. The third-order valence-electron chi connectivity index (χ3n) is 6.43. The van der Waals surface area contributed by atoms with Gasteiger partial charge < -0.3 is 19.6 Å². The van der Waals surface area contributed by atoms with Crippen molar-refractivity contribution in [3.8, 4) is 0 Å². The molecule has 2 unspecified atom stereocenters. The normalized spacial score (nSPS) is 13.0. The smallest absolute Gasteiger partial charge is 0.308 e. The number of allylic oxidation sites excluding steroid dienone is 2. The van der Waals surface area contributed by atoms with Crippen LogP contribution < -0.4 is 4.89 Å². The zero-order chi connectivity index (χ0) is 27.3. The van der Waals surface area contributed by atoms with Gasteiger partial charge in [0.05, 0.1) is 40.4 Å². The van der Waals surface area contributed by atoms with E-state index in [2.05, 4.69) is 40.2 Å². The second kappa shape index (κ2) is 29.2. The van der Waals surface area contributed by atoms with Gasteiger partial charge in [0.2, 0.25) is 0 Å². The molecule has 0 saturated heterocycles. The van der Waals surface area contributed by atoms with E-state index in [4.69, 9.17) is 5.11 Å². The lowest BCUT2D eigenvalue weighted by Gasteiger charge is -2.22. The van der Waals surface area contributed by atoms with Gasteiger partial charge in [0, 0.05) is 6.42 Å². The second-order valence-corrected chi connectivity index (χ2v) is 12.5. The van der Waals surface area contributed by atoms with Crippen molar-refractivity contribution in [1.29, 1.82) is 0 Å². The van der Waals surface area contributed by atoms with E-state index in [0.717, 1.165) is 30.3 Å². The first-order chi connectivity index (χ1) is 17.2. The van der Waals surface area contributed by atoms with Crippen molar-refractivity contribution in [2.24, 2.45) is 0 Å². The third kappa shape index (κ3) is 38.2. The Hall–Kier alpha value is -0.320. The molecule has 0 saturated carbocycles. The highest BCUT2D eigenvalue weighted by Crippen LogP contribution is 2.13. The molecule has 0 heterocycles. The van der Waals surface area contributed by atoms with Crippen LogP contribution in [0.5, 0.6) is 0 Å². The van der Waals surface area contributed by atoms with Crippen LogP contribution in [0.1, 0.15) is 135 Å². The first-order valence-electron chi connectivity index (χ1n) is 15.1. The number of rotatable bonds is 25. The average molecular weight is 533 g/mol. The van der Waals surface area contributed by atoms with Gasteiger partial charge in [0.1, 0.15) is 6.16 Å². The molecule has 2 atom stereocenters. The van der Waals surface area contributed by atoms with Crippen LogP contribution in [-0.2, 0) is 4.57 Å². The van der Waals surface area contributed by atoms with E-state index in [9.17, 15) is 14.6 Å². The van der Waals surface area contributed by atoms with Crippen LogP contribution in [0.25, 0.3) is 0 Å². The average Bonchev–Trinajstić information content (AvgIpc) is 2.82. The zero-order valence-corrected chi connectivity index (χ0v) is 25.5. The van der Waals surface area contributed by atoms with Gasteiger partial charge in [0.15, 0.2) is 0 Å². The third-order valence-corrected chi connectivity index (χ3v) is 7.11. The molecule has 0 bridgehead atoms. The summed E-state index contributed by atoms with van der Waals surface area (Å²) < 4.78 is 11.0. The monoisotopic (exact) mass is 532 g/mol. The molecule has 0 aliphatic rings. The van der Waals surface area contributed by atoms with Crippen LogP contribution in [-0.4, -0.2) is 61.3 Å². The van der Waals surface area contributed by atoms with Crippen LogP contribution in [0.15, 0.2) is 12.2 Å². The molecule has 0 aromatic heterocycles. The van der Waals surface area contributed by atoms with Crippen molar-refractivity contribution >= 4 is 8.03 Å². The molecule has 0 amide bonds. The standard InChI is InChI=1S/C24H48O2.C6H15NO2P/c1-2-3-4-5-6-7-8-9-10-11-12-13-14-15-16-17-18-19-20-21-22-24(26)23-25;1-7(2,3)5-4-6-10(8)9/h9-10,24-26H,2-8,11-23H2,1H3;4-6H2,1-3H3/q;+1. The minimum Gasteiger partial charge on any atom is -0.596 e. The summed E-state index contributed by atoms with van der Waals surface area (Å²) >= 11 is 0. The van der Waals surface area contributed by atoms with Gasteiger partial charge >= 0.3 is 8.03 Å². The number of hydrogen-bond acceptors (Lipinski definition) is 4. The molecule has 0 rings (SSSR count). The molecule has 0 aromatic carbocycles. The number of aliphatic hydroxyl groups is 2. The van der Waals surface area contributed by atoms with Gasteiger partial charge in [-0.05, 0) is 32.1 Å². The Balaban J connectivity index is 0. The first kappa shape index (κ1) is 37.8. The predicted octanol–water partition coefficient (Wildman–Crippen LogP) is 7.51. The molecule has 0 aliphatic heterocycles. The highest BCUT2D eigenvalue weighted by Gasteiger charge is 2.09. The minimum atomic E-state index is -2.16. The fraction of sp³-hybridized carbons (Fsp3) is 0.933. The number of nitrogens with zero attached hydrogens (tertiary/aromatic N) is 1. The van der Waals surface area contributed by atoms with Crippen molar-refractivity contribution < 1.29 is 24.2 Å². The predicted molar refractivity (Wildman–Crippen MR) is 156 cm³/mol. The summed E-state index contributed by atoms with van der Waals surface area (Å²) in [6, 6.07) is 0. The Bertz CT molecular complexity index is 480. The fourth-order valence-corrected chi connectivity index (χ4v) is 4.50. The largest absolute Gasteiger partial charge is 0.596 e. The van der Waals surface area contributed by atoms with Crippen LogP contribution in [0, 0.1) is 0 Å². The van der Waals surface area contributed by atoms with E-state index in [1.165, 1.54) is 109 Å². The highest BCUT2D eigenvalue weighted by atomic mass is 31.1. The van der Waals surface area contributed by atoms with E-state index in [0.29, 0.717) is 6.16 Å². The molecule has 2 N–H and O–H groups in total. The lowest BCUT2D eigenvalue weighted by Crippen LogP contribution is -2.35. The lowest BCUT2D eigenvalue weighted by atomic mass is 10.0. The summed E-state index contributed by atoms with van der Waals surface area (Å²) in [6.07, 6.45) is 30.2. The molecule has 0 aliphatic carbocycles. The van der Waals surface area contributed by atoms with Gasteiger partial charge in [-0.1, -0.05) is 114 Å². The Morgan fingerprint density at radius 2 is 1.14 bits per heavy atom. The van der Waals surface area contributed by atoms with Gasteiger partial charge in [-0.15, -0.1) is 0 Å². The summed E-state index contributed by atoms with van der Waals surface area (Å²) in [5, 5.41) is 18.0. The van der Waals surface area contributed by atoms with Crippen LogP contribution >= 0.6 is 8.03 Å². The van der Waals surface area contributed by atoms with Gasteiger partial charge in [-0.3, -0.25) is 0 Å². The zero-order valence-electron chi connectivity index (χ0n) is 24.6. The van der Waals surface area contributed by atoms with E-state index in [1.54, 1.807) is 0 Å². The Labute approximate surface area is 226 Å². The molecule has 216 valence electrons. The molecule has 0 fully saturated rings. The molecule has 0 radical (unpaired) electrons. The summed E-state index contributed by atoms with van der Waals surface area (Å²) in [7, 11) is 4.00. The SMILES string of the molecule is CCCCCCCCC=CCCCCCCCCCCCCC(O)CO.C[N+](C)(C)CCC[P+](=O)[O-]. The summed E-state index contributed by atoms with van der Waals surface area (Å²) in [4.78, 5) is 10.1. The maximum Gasteiger partial charge on any atom is 0.308 e. The molecule has 36 heavy (non-hydrogen) atoms. The quantitative estimate of drug-likeness (QED) is 0.0552. The van der Waals surface area contributed by atoms with E-state index in [-0.39, 0.29) is 6.61 Å². The summed E-state index contributed by atoms with van der Waals surface area (Å²) in [5.74, 6) is 0. The van der Waals surface area contributed by atoms with Crippen molar-refractivity contribution in [3.63, 3.8) is 0 Å². The molecule has 6 heteroatoms. The lowest BCUT2D eigenvalue weighted by molar-refractivity contribution is -0.870. The van der Waals surface area contributed by atoms with Gasteiger partial charge in [-0.2, -0.15) is 0 Å². The fourth-order valence-electron chi connectivity index (χ4n) is 4.10. The van der Waals surface area contributed by atoms with Gasteiger partial charge in [-0.25, -0.2) is 0 Å². The molecular weight excluding hydrogens is 469 g/mol. The minimum absolute atomic E-state index is 0.0884. The Kier molecular flexibility index (Phi) is 30.7. The number of unbranched alkanes of at least 4 members (excludes halogenated alkanes) is 16. The second-order valence-electron chi connectivity index (χ2n) is 11.4. The molecule has 0 aromatic rings. The van der Waals surface area contributed by atoms with Crippen molar-refractivity contribution in [2.45, 2.75) is 141 Å². The Morgan fingerprint density at radius 3 is 1.53 bits per heavy atom. The molecule has 5 nitrogen and oxygen atoms in total. The van der Waals surface area contributed by atoms with E-state index >= 15 is 0 Å². The topological polar surface area (TPSA) is 80.6 Å². The van der Waals surface area contributed by atoms with Gasteiger partial charge in [0.25, 0.3) is 0 Å². The van der Waals surface area contributed by atoms with E-state index < -0.39 is 14.1 Å². The molecule has 0 spiro atoms. The number of aliphatic hydroxyl groups excluding tert-OH is 2. The van der Waals surface area contributed by atoms with Crippen molar-refractivity contribution in [1.82, 2.24) is 0 Å². The van der Waals surface area contributed by atoms with Crippen LogP contribution in [0.2, 0.25) is 0 Å². The first-order valence-corrected chi connectivity index (χ1v) is 16.4. The number of hydrogen-bond donors (Lipinski definition) is 2. The highest BCUT2D eigenvalue weighted by molar-refractivity contribution is 7.36. The Morgan fingerprint density at radius 1 is 0.722 bits per heavy atom. The van der Waals surface area contributed by atoms with Crippen LogP contribution in [0.4, 0.5) is 0 Å². The maximum atomic E-state index is 10.1. The number of quaternary nitrogens is 1.